The summed E-state index contributed by atoms with van der Waals surface area (Å²) in [6.45, 7) is 0. The molecule has 1 atom stereocenters. The van der Waals surface area contributed by atoms with Crippen molar-refractivity contribution < 1.29 is 9.53 Å². The molecule has 0 aliphatic carbocycles. The lowest BCUT2D eigenvalue weighted by Gasteiger charge is -2.14. The van der Waals surface area contributed by atoms with Crippen LogP contribution >= 0.6 is 15.9 Å². The van der Waals surface area contributed by atoms with Crippen LogP contribution in [0, 0.1) is 0 Å². The summed E-state index contributed by atoms with van der Waals surface area (Å²) in [6.07, 6.45) is 1.21. The summed E-state index contributed by atoms with van der Waals surface area (Å²) in [5.74, 6) is -0.184. The number of rotatable bonds is 5. The van der Waals surface area contributed by atoms with Crippen LogP contribution < -0.4 is 5.32 Å². The van der Waals surface area contributed by atoms with Crippen LogP contribution in [0.5, 0.6) is 0 Å². The van der Waals surface area contributed by atoms with Crippen LogP contribution in [0.4, 0.5) is 0 Å². The van der Waals surface area contributed by atoms with E-state index >= 15 is 0 Å². The molecular formula is C12H16BrNO2. The van der Waals surface area contributed by atoms with Crippen molar-refractivity contribution in [2.24, 2.45) is 0 Å². The van der Waals surface area contributed by atoms with E-state index in [1.54, 1.807) is 0 Å². The Bertz CT molecular complexity index is 337. The number of halogens is 1. The van der Waals surface area contributed by atoms with E-state index in [2.05, 4.69) is 26.0 Å². The van der Waals surface area contributed by atoms with Gasteiger partial charge in [-0.25, -0.2) is 0 Å². The van der Waals surface area contributed by atoms with Crippen LogP contribution in [0.3, 0.4) is 0 Å². The number of carbonyl (C=O) groups excluding carboxylic acids is 1. The average Bonchev–Trinajstić information content (AvgIpc) is 2.30. The van der Waals surface area contributed by atoms with Crippen molar-refractivity contribution in [3.63, 3.8) is 0 Å². The van der Waals surface area contributed by atoms with Crippen LogP contribution in [0.2, 0.25) is 0 Å². The minimum absolute atomic E-state index is 0.119. The molecule has 0 aliphatic rings. The van der Waals surface area contributed by atoms with Gasteiger partial charge in [0, 0.05) is 10.5 Å². The van der Waals surface area contributed by atoms with Crippen molar-refractivity contribution in [1.82, 2.24) is 5.32 Å². The highest BCUT2D eigenvalue weighted by Crippen LogP contribution is 2.12. The number of hydrogen-bond donors (Lipinski definition) is 1. The third-order valence-corrected chi connectivity index (χ3v) is 2.97. The number of likely N-dealkylation sites (N-methyl/N-ethyl adjacent to an activating group) is 1. The fourth-order valence-corrected chi connectivity index (χ4v) is 1.73. The summed E-state index contributed by atoms with van der Waals surface area (Å²) in [5.41, 5.74) is 1.20. The van der Waals surface area contributed by atoms with Gasteiger partial charge in [-0.2, -0.15) is 0 Å². The first-order valence-corrected chi connectivity index (χ1v) is 5.93. The highest BCUT2D eigenvalue weighted by Gasteiger charge is 2.12. The first-order chi connectivity index (χ1) is 7.65. The Morgan fingerprint density at radius 3 is 2.56 bits per heavy atom. The number of ether oxygens (including phenoxy) is 1. The molecule has 3 nitrogen and oxygen atoms in total. The standard InChI is InChI=1S/C12H16BrNO2/c1-14-11(8-12(15)16-2)7-9-3-5-10(13)6-4-9/h3-6,11,14H,7-8H2,1-2H3. The zero-order chi connectivity index (χ0) is 12.0. The second-order valence-electron chi connectivity index (χ2n) is 3.60. The molecule has 0 amide bonds. The van der Waals surface area contributed by atoms with Crippen molar-refractivity contribution >= 4 is 21.9 Å². The molecule has 0 aromatic heterocycles. The van der Waals surface area contributed by atoms with Crippen LogP contribution in [0.1, 0.15) is 12.0 Å². The molecule has 0 spiro atoms. The molecule has 0 heterocycles. The lowest BCUT2D eigenvalue weighted by atomic mass is 10.0. The molecule has 16 heavy (non-hydrogen) atoms. The number of methoxy groups -OCH3 is 1. The largest absolute Gasteiger partial charge is 0.469 e. The monoisotopic (exact) mass is 285 g/mol. The van der Waals surface area contributed by atoms with Gasteiger partial charge in [0.05, 0.1) is 13.5 Å². The zero-order valence-corrected chi connectivity index (χ0v) is 11.1. The molecule has 1 rings (SSSR count). The second-order valence-corrected chi connectivity index (χ2v) is 4.51. The fourth-order valence-electron chi connectivity index (χ4n) is 1.47. The van der Waals surface area contributed by atoms with Gasteiger partial charge >= 0.3 is 5.97 Å². The number of nitrogens with one attached hydrogen (secondary N) is 1. The molecule has 0 bridgehead atoms. The van der Waals surface area contributed by atoms with E-state index < -0.39 is 0 Å². The number of benzene rings is 1. The predicted octanol–water partition coefficient (Wildman–Crippen LogP) is 2.14. The number of hydrogen-bond acceptors (Lipinski definition) is 3. The molecule has 1 aromatic rings. The minimum Gasteiger partial charge on any atom is -0.469 e. The van der Waals surface area contributed by atoms with Gasteiger partial charge in [-0.15, -0.1) is 0 Å². The van der Waals surface area contributed by atoms with Gasteiger partial charge in [0.15, 0.2) is 0 Å². The molecule has 0 aliphatic heterocycles. The van der Waals surface area contributed by atoms with E-state index in [1.165, 1.54) is 12.7 Å². The molecular weight excluding hydrogens is 270 g/mol. The van der Waals surface area contributed by atoms with Crippen molar-refractivity contribution in [2.45, 2.75) is 18.9 Å². The second kappa shape index (κ2) is 6.66. The summed E-state index contributed by atoms with van der Waals surface area (Å²) in [4.78, 5) is 11.2. The van der Waals surface area contributed by atoms with Crippen LogP contribution in [0.15, 0.2) is 28.7 Å². The van der Waals surface area contributed by atoms with Crippen molar-refractivity contribution in [3.05, 3.63) is 34.3 Å². The average molecular weight is 286 g/mol. The lowest BCUT2D eigenvalue weighted by molar-refractivity contribution is -0.141. The van der Waals surface area contributed by atoms with Gasteiger partial charge in [-0.05, 0) is 31.2 Å². The van der Waals surface area contributed by atoms with E-state index in [0.29, 0.717) is 6.42 Å². The van der Waals surface area contributed by atoms with Gasteiger partial charge in [-0.3, -0.25) is 4.79 Å². The van der Waals surface area contributed by atoms with E-state index in [9.17, 15) is 4.79 Å². The molecule has 1 aromatic carbocycles. The van der Waals surface area contributed by atoms with Crippen LogP contribution in [-0.4, -0.2) is 26.2 Å². The lowest BCUT2D eigenvalue weighted by Crippen LogP contribution is -2.30. The molecule has 0 saturated heterocycles. The molecule has 0 fully saturated rings. The van der Waals surface area contributed by atoms with E-state index in [4.69, 9.17) is 0 Å². The Balaban J connectivity index is 2.56. The first kappa shape index (κ1) is 13.2. The van der Waals surface area contributed by atoms with Crippen molar-refractivity contribution in [1.29, 1.82) is 0 Å². The summed E-state index contributed by atoms with van der Waals surface area (Å²) in [5, 5.41) is 3.12. The van der Waals surface area contributed by atoms with Crippen molar-refractivity contribution in [3.8, 4) is 0 Å². The summed E-state index contributed by atoms with van der Waals surface area (Å²) < 4.78 is 5.71. The van der Waals surface area contributed by atoms with Gasteiger partial charge in [0.2, 0.25) is 0 Å². The third kappa shape index (κ3) is 4.33. The number of esters is 1. The first-order valence-electron chi connectivity index (χ1n) is 5.14. The Hall–Kier alpha value is -0.870. The normalized spacial score (nSPS) is 12.2. The Kier molecular flexibility index (Phi) is 5.49. The predicted molar refractivity (Wildman–Crippen MR) is 67.3 cm³/mol. The van der Waals surface area contributed by atoms with E-state index in [0.717, 1.165) is 10.9 Å². The molecule has 88 valence electrons. The van der Waals surface area contributed by atoms with Gasteiger partial charge < -0.3 is 10.1 Å². The molecule has 4 heteroatoms. The molecule has 1 N–H and O–H groups in total. The smallest absolute Gasteiger partial charge is 0.307 e. The fraction of sp³-hybridized carbons (Fsp3) is 0.417. The Morgan fingerprint density at radius 1 is 1.44 bits per heavy atom. The van der Waals surface area contributed by atoms with Crippen LogP contribution in [0.25, 0.3) is 0 Å². The Labute approximate surface area is 104 Å². The summed E-state index contributed by atoms with van der Waals surface area (Å²) in [6, 6.07) is 8.21. The van der Waals surface area contributed by atoms with Crippen LogP contribution in [-0.2, 0) is 16.0 Å². The van der Waals surface area contributed by atoms with Gasteiger partial charge in [0.25, 0.3) is 0 Å². The summed E-state index contributed by atoms with van der Waals surface area (Å²) >= 11 is 3.39. The maximum atomic E-state index is 11.2. The van der Waals surface area contributed by atoms with E-state index in [1.807, 2.05) is 31.3 Å². The quantitative estimate of drug-likeness (QED) is 0.843. The minimum atomic E-state index is -0.184. The SMILES string of the molecule is CNC(CC(=O)OC)Cc1ccc(Br)cc1. The third-order valence-electron chi connectivity index (χ3n) is 2.44. The molecule has 1 unspecified atom stereocenters. The molecule has 0 radical (unpaired) electrons. The maximum absolute atomic E-state index is 11.2. The molecule has 0 saturated carbocycles. The van der Waals surface area contributed by atoms with Gasteiger partial charge in [-0.1, -0.05) is 28.1 Å². The summed E-state index contributed by atoms with van der Waals surface area (Å²) in [7, 11) is 3.27. The van der Waals surface area contributed by atoms with Crippen molar-refractivity contribution in [2.75, 3.05) is 14.2 Å². The van der Waals surface area contributed by atoms with E-state index in [-0.39, 0.29) is 12.0 Å². The highest BCUT2D eigenvalue weighted by atomic mass is 79.9. The maximum Gasteiger partial charge on any atom is 0.307 e. The highest BCUT2D eigenvalue weighted by molar-refractivity contribution is 9.10. The topological polar surface area (TPSA) is 38.3 Å². The zero-order valence-electron chi connectivity index (χ0n) is 9.50. The van der Waals surface area contributed by atoms with Gasteiger partial charge in [0.1, 0.15) is 0 Å². The Morgan fingerprint density at radius 2 is 2.06 bits per heavy atom. The number of carbonyl (C=O) groups is 1.